The molecule has 1 aromatic carbocycles. The number of imidazole rings is 1. The molecule has 0 spiro atoms. The second kappa shape index (κ2) is 7.50. The zero-order valence-electron chi connectivity index (χ0n) is 17.1. The van der Waals surface area contributed by atoms with Crippen molar-refractivity contribution in [2.45, 2.75) is 13.8 Å². The van der Waals surface area contributed by atoms with Gasteiger partial charge in [-0.2, -0.15) is 0 Å². The fourth-order valence-electron chi connectivity index (χ4n) is 4.01. The molecule has 0 aliphatic carbocycles. The number of aryl methyl sites for hydroxylation is 1. The van der Waals surface area contributed by atoms with Crippen LogP contribution in [0.1, 0.15) is 11.1 Å². The molecule has 6 nitrogen and oxygen atoms in total. The Balaban J connectivity index is 1.80. The first-order valence-electron chi connectivity index (χ1n) is 10.2. The Morgan fingerprint density at radius 1 is 0.900 bits per heavy atom. The van der Waals surface area contributed by atoms with Crippen molar-refractivity contribution in [3.8, 4) is 22.5 Å². The molecule has 1 aliphatic rings. The van der Waals surface area contributed by atoms with Crippen LogP contribution in [0, 0.1) is 19.7 Å². The highest BCUT2D eigenvalue weighted by Gasteiger charge is 2.23. The van der Waals surface area contributed by atoms with E-state index in [0.717, 1.165) is 71.3 Å². The Hall–Kier alpha value is -3.32. The number of nitrogens with zero attached hydrogens (tertiary/aromatic N) is 5. The number of nitrogens with one attached hydrogen (secondary N) is 1. The second-order valence-corrected chi connectivity index (χ2v) is 7.60. The zero-order valence-corrected chi connectivity index (χ0v) is 17.1. The van der Waals surface area contributed by atoms with Crippen LogP contribution >= 0.6 is 0 Å². The van der Waals surface area contributed by atoms with E-state index in [1.807, 2.05) is 16.6 Å². The van der Waals surface area contributed by atoms with Gasteiger partial charge in [0.05, 0.1) is 5.69 Å². The van der Waals surface area contributed by atoms with Gasteiger partial charge in [-0.1, -0.05) is 0 Å². The maximum Gasteiger partial charge on any atom is 0.158 e. The van der Waals surface area contributed by atoms with Gasteiger partial charge in [0.25, 0.3) is 0 Å². The Morgan fingerprint density at radius 3 is 2.30 bits per heavy atom. The highest BCUT2D eigenvalue weighted by Crippen LogP contribution is 2.35. The number of pyridine rings is 1. The number of anilines is 1. The summed E-state index contributed by atoms with van der Waals surface area (Å²) in [7, 11) is 0. The SMILES string of the molecule is Cc1c(N2CCNCC2)nn2c(-c3ccncc3)c(-c3ccc(F)cc3)nc2c1C. The topological polar surface area (TPSA) is 58.4 Å². The van der Waals surface area contributed by atoms with Crippen molar-refractivity contribution >= 4 is 11.5 Å². The molecule has 1 saturated heterocycles. The molecular formula is C23H23FN6. The molecule has 4 heterocycles. The number of rotatable bonds is 3. The minimum absolute atomic E-state index is 0.265. The van der Waals surface area contributed by atoms with Crippen molar-refractivity contribution in [2.75, 3.05) is 31.1 Å². The van der Waals surface area contributed by atoms with Crippen molar-refractivity contribution in [3.63, 3.8) is 0 Å². The molecule has 1 N–H and O–H groups in total. The number of hydrogen-bond donors (Lipinski definition) is 1. The molecule has 0 amide bonds. The highest BCUT2D eigenvalue weighted by atomic mass is 19.1. The van der Waals surface area contributed by atoms with Gasteiger partial charge < -0.3 is 10.2 Å². The molecule has 3 aromatic heterocycles. The molecule has 0 saturated carbocycles. The molecular weight excluding hydrogens is 379 g/mol. The van der Waals surface area contributed by atoms with Crippen LogP contribution in [0.15, 0.2) is 48.8 Å². The molecule has 152 valence electrons. The van der Waals surface area contributed by atoms with E-state index >= 15 is 0 Å². The lowest BCUT2D eigenvalue weighted by atomic mass is 10.1. The van der Waals surface area contributed by atoms with Gasteiger partial charge >= 0.3 is 0 Å². The fraction of sp³-hybridized carbons (Fsp3) is 0.261. The average Bonchev–Trinajstić information content (AvgIpc) is 3.17. The van der Waals surface area contributed by atoms with E-state index in [9.17, 15) is 4.39 Å². The fourth-order valence-corrected chi connectivity index (χ4v) is 4.01. The predicted molar refractivity (Wildman–Crippen MR) is 116 cm³/mol. The van der Waals surface area contributed by atoms with Gasteiger partial charge in [-0.05, 0) is 50.2 Å². The number of fused-ring (bicyclic) bond motifs is 1. The zero-order chi connectivity index (χ0) is 20.7. The van der Waals surface area contributed by atoms with Crippen LogP contribution in [0.4, 0.5) is 10.2 Å². The van der Waals surface area contributed by atoms with Crippen molar-refractivity contribution in [3.05, 3.63) is 65.7 Å². The van der Waals surface area contributed by atoms with Crippen LogP contribution in [0.25, 0.3) is 28.2 Å². The van der Waals surface area contributed by atoms with Gasteiger partial charge in [0.2, 0.25) is 0 Å². The Labute approximate surface area is 174 Å². The molecule has 1 fully saturated rings. The van der Waals surface area contributed by atoms with E-state index in [1.165, 1.54) is 12.1 Å². The maximum atomic E-state index is 13.5. The Morgan fingerprint density at radius 2 is 1.60 bits per heavy atom. The molecule has 0 unspecified atom stereocenters. The smallest absolute Gasteiger partial charge is 0.158 e. The van der Waals surface area contributed by atoms with Crippen LogP contribution in [-0.4, -0.2) is 45.8 Å². The summed E-state index contributed by atoms with van der Waals surface area (Å²) in [5.74, 6) is 0.721. The summed E-state index contributed by atoms with van der Waals surface area (Å²) in [5, 5.41) is 8.45. The van der Waals surface area contributed by atoms with Crippen molar-refractivity contribution in [2.24, 2.45) is 0 Å². The van der Waals surface area contributed by atoms with E-state index in [0.29, 0.717) is 0 Å². The average molecular weight is 402 g/mol. The van der Waals surface area contributed by atoms with Crippen molar-refractivity contribution in [1.29, 1.82) is 0 Å². The van der Waals surface area contributed by atoms with E-state index in [4.69, 9.17) is 10.1 Å². The van der Waals surface area contributed by atoms with E-state index in [-0.39, 0.29) is 5.82 Å². The lowest BCUT2D eigenvalue weighted by Gasteiger charge is -2.30. The number of piperazine rings is 1. The third-order valence-corrected chi connectivity index (χ3v) is 5.77. The molecule has 1 aliphatic heterocycles. The monoisotopic (exact) mass is 402 g/mol. The van der Waals surface area contributed by atoms with E-state index in [1.54, 1.807) is 24.5 Å². The number of benzene rings is 1. The Kier molecular flexibility index (Phi) is 4.67. The second-order valence-electron chi connectivity index (χ2n) is 7.60. The summed E-state index contributed by atoms with van der Waals surface area (Å²) < 4.78 is 15.5. The van der Waals surface area contributed by atoms with Crippen LogP contribution in [-0.2, 0) is 0 Å². The third-order valence-electron chi connectivity index (χ3n) is 5.77. The lowest BCUT2D eigenvalue weighted by molar-refractivity contribution is 0.580. The number of halogens is 1. The molecule has 7 heteroatoms. The summed E-state index contributed by atoms with van der Waals surface area (Å²) in [6.45, 7) is 7.93. The predicted octanol–water partition coefficient (Wildman–Crippen LogP) is 3.62. The summed E-state index contributed by atoms with van der Waals surface area (Å²) in [4.78, 5) is 11.4. The first-order valence-corrected chi connectivity index (χ1v) is 10.2. The van der Waals surface area contributed by atoms with Gasteiger partial charge in [0.15, 0.2) is 11.5 Å². The first kappa shape index (κ1) is 18.7. The van der Waals surface area contributed by atoms with Crippen LogP contribution in [0.2, 0.25) is 0 Å². The molecule has 5 rings (SSSR count). The summed E-state index contributed by atoms with van der Waals surface area (Å²) in [6, 6.07) is 10.4. The molecule has 4 aromatic rings. The van der Waals surface area contributed by atoms with Crippen molar-refractivity contribution in [1.82, 2.24) is 24.9 Å². The third kappa shape index (κ3) is 3.11. The van der Waals surface area contributed by atoms with E-state index < -0.39 is 0 Å². The van der Waals surface area contributed by atoms with E-state index in [2.05, 4.69) is 29.0 Å². The first-order chi connectivity index (χ1) is 14.6. The highest BCUT2D eigenvalue weighted by molar-refractivity contribution is 5.82. The summed E-state index contributed by atoms with van der Waals surface area (Å²) >= 11 is 0. The molecule has 0 radical (unpaired) electrons. The van der Waals surface area contributed by atoms with Crippen LogP contribution < -0.4 is 10.2 Å². The minimum atomic E-state index is -0.265. The lowest BCUT2D eigenvalue weighted by Crippen LogP contribution is -2.44. The van der Waals surface area contributed by atoms with Crippen LogP contribution in [0.5, 0.6) is 0 Å². The van der Waals surface area contributed by atoms with Gasteiger partial charge in [-0.25, -0.2) is 13.9 Å². The maximum absolute atomic E-state index is 13.5. The largest absolute Gasteiger partial charge is 0.352 e. The normalized spacial score (nSPS) is 14.4. The standard InChI is InChI=1S/C23H23FN6/c1-15-16(2)23(29-13-11-26-12-14-29)28-30-21(18-7-9-25-10-8-18)20(27-22(15)30)17-3-5-19(24)6-4-17/h3-10,26H,11-14H2,1-2H3. The molecule has 30 heavy (non-hydrogen) atoms. The van der Waals surface area contributed by atoms with Crippen LogP contribution in [0.3, 0.4) is 0 Å². The molecule has 0 atom stereocenters. The van der Waals surface area contributed by atoms with Gasteiger partial charge in [0.1, 0.15) is 11.5 Å². The minimum Gasteiger partial charge on any atom is -0.352 e. The molecule has 0 bridgehead atoms. The summed E-state index contributed by atoms with van der Waals surface area (Å²) in [6.07, 6.45) is 3.53. The quantitative estimate of drug-likeness (QED) is 0.567. The van der Waals surface area contributed by atoms with Gasteiger partial charge in [0, 0.05) is 60.8 Å². The van der Waals surface area contributed by atoms with Crippen molar-refractivity contribution < 1.29 is 4.39 Å². The number of aromatic nitrogens is 4. The number of hydrogen-bond acceptors (Lipinski definition) is 5. The van der Waals surface area contributed by atoms with Gasteiger partial charge in [-0.15, -0.1) is 5.10 Å². The Bertz CT molecular complexity index is 1190. The van der Waals surface area contributed by atoms with Gasteiger partial charge in [-0.3, -0.25) is 4.98 Å². The summed E-state index contributed by atoms with van der Waals surface area (Å²) in [5.41, 5.74) is 6.56.